The largest absolute Gasteiger partial charge is 0.406 e. The number of halogens is 3. The Morgan fingerprint density at radius 1 is 1.32 bits per heavy atom. The summed E-state index contributed by atoms with van der Waals surface area (Å²) in [6, 6.07) is 0.350. The normalized spacial score (nSPS) is 15.9. The first-order chi connectivity index (χ1) is 13.2. The molecular weight excluding hydrogens is 375 g/mol. The minimum absolute atomic E-state index is 0.0512. The van der Waals surface area contributed by atoms with Crippen molar-refractivity contribution in [2.24, 2.45) is 0 Å². The monoisotopic (exact) mass is 403 g/mol. The maximum absolute atomic E-state index is 12.6. The number of imidazole rings is 1. The average Bonchev–Trinajstić information content (AvgIpc) is 3.04. The molecule has 158 valence electrons. The van der Waals surface area contributed by atoms with Crippen LogP contribution in [-0.4, -0.2) is 76.6 Å². The number of hydrogen-bond donors (Lipinski definition) is 1. The highest BCUT2D eigenvalue weighted by Crippen LogP contribution is 2.19. The summed E-state index contributed by atoms with van der Waals surface area (Å²) in [6.07, 6.45) is 0.323. The summed E-state index contributed by atoms with van der Waals surface area (Å²) < 4.78 is 38.7. The Balaban J connectivity index is 1.74. The van der Waals surface area contributed by atoms with Gasteiger partial charge in [0.1, 0.15) is 12.4 Å². The van der Waals surface area contributed by atoms with Gasteiger partial charge in [0.05, 0.1) is 0 Å². The van der Waals surface area contributed by atoms with E-state index in [9.17, 15) is 22.8 Å². The summed E-state index contributed by atoms with van der Waals surface area (Å²) in [5.41, 5.74) is 0. The molecule has 0 atom stereocenters. The van der Waals surface area contributed by atoms with Crippen LogP contribution in [0.3, 0.4) is 0 Å². The van der Waals surface area contributed by atoms with Crippen molar-refractivity contribution in [2.45, 2.75) is 51.4 Å². The lowest BCUT2D eigenvalue weighted by Crippen LogP contribution is -2.47. The number of nitrogens with zero attached hydrogens (tertiary/aromatic N) is 4. The number of rotatable bonds is 8. The molecule has 0 aliphatic carbocycles. The molecule has 1 N–H and O–H groups in total. The van der Waals surface area contributed by atoms with E-state index < -0.39 is 12.7 Å². The van der Waals surface area contributed by atoms with Crippen molar-refractivity contribution in [3.63, 3.8) is 0 Å². The summed E-state index contributed by atoms with van der Waals surface area (Å²) in [5.74, 6) is 0.170. The average molecular weight is 403 g/mol. The van der Waals surface area contributed by atoms with Crippen LogP contribution in [0.25, 0.3) is 0 Å². The van der Waals surface area contributed by atoms with Gasteiger partial charge in [0.2, 0.25) is 11.8 Å². The number of carbonyl (C=O) groups excluding carboxylic acids is 2. The molecule has 0 spiro atoms. The summed E-state index contributed by atoms with van der Waals surface area (Å²) in [4.78, 5) is 31.2. The van der Waals surface area contributed by atoms with Gasteiger partial charge < -0.3 is 19.7 Å². The molecule has 10 heteroatoms. The van der Waals surface area contributed by atoms with Gasteiger partial charge in [-0.3, -0.25) is 9.59 Å². The fourth-order valence-corrected chi connectivity index (χ4v) is 3.43. The maximum atomic E-state index is 12.6. The number of likely N-dealkylation sites (tertiary alicyclic amines) is 1. The zero-order valence-electron chi connectivity index (χ0n) is 16.3. The Morgan fingerprint density at radius 3 is 2.61 bits per heavy atom. The lowest BCUT2D eigenvalue weighted by molar-refractivity contribution is -0.141. The Kier molecular flexibility index (Phi) is 7.85. The van der Waals surface area contributed by atoms with Gasteiger partial charge in [-0.15, -0.1) is 0 Å². The van der Waals surface area contributed by atoms with Crippen LogP contribution in [0.4, 0.5) is 13.2 Å². The van der Waals surface area contributed by atoms with Gasteiger partial charge in [0.25, 0.3) is 0 Å². The lowest BCUT2D eigenvalue weighted by atomic mass is 10.0. The van der Waals surface area contributed by atoms with E-state index in [1.165, 1.54) is 19.3 Å². The van der Waals surface area contributed by atoms with Gasteiger partial charge in [0.15, 0.2) is 0 Å². The molecule has 2 rings (SSSR count). The molecule has 0 aromatic carbocycles. The van der Waals surface area contributed by atoms with Crippen LogP contribution in [0.5, 0.6) is 0 Å². The molecular formula is C18H28F3N5O2. The molecule has 28 heavy (non-hydrogen) atoms. The predicted molar refractivity (Wildman–Crippen MR) is 97.5 cm³/mol. The number of alkyl halides is 3. The van der Waals surface area contributed by atoms with Crippen molar-refractivity contribution in [3.05, 3.63) is 18.2 Å². The van der Waals surface area contributed by atoms with Crippen molar-refractivity contribution in [2.75, 3.05) is 33.2 Å². The third-order valence-electron chi connectivity index (χ3n) is 4.99. The molecule has 1 saturated heterocycles. The summed E-state index contributed by atoms with van der Waals surface area (Å²) in [6.45, 7) is 3.00. The Labute approximate surface area is 162 Å². The van der Waals surface area contributed by atoms with Gasteiger partial charge in [-0.1, -0.05) is 0 Å². The zero-order chi connectivity index (χ0) is 20.7. The van der Waals surface area contributed by atoms with Crippen LogP contribution in [0.15, 0.2) is 12.4 Å². The number of carbonyl (C=O) groups is 2. The van der Waals surface area contributed by atoms with Crippen molar-refractivity contribution in [1.29, 1.82) is 0 Å². The van der Waals surface area contributed by atoms with E-state index in [-0.39, 0.29) is 30.5 Å². The molecule has 1 aliphatic rings. The SMILES string of the molecule is CC(=O)NCCN(C)C1CCN(C(=O)CCc2nccn2CC(F)(F)F)CC1. The van der Waals surface area contributed by atoms with Crippen molar-refractivity contribution in [3.8, 4) is 0 Å². The van der Waals surface area contributed by atoms with Gasteiger partial charge >= 0.3 is 6.18 Å². The van der Waals surface area contributed by atoms with Crippen molar-refractivity contribution in [1.82, 2.24) is 24.7 Å². The second kappa shape index (κ2) is 9.90. The second-order valence-electron chi connectivity index (χ2n) is 7.16. The molecule has 0 bridgehead atoms. The minimum Gasteiger partial charge on any atom is -0.355 e. The van der Waals surface area contributed by atoms with Gasteiger partial charge in [-0.05, 0) is 19.9 Å². The minimum atomic E-state index is -4.31. The number of aromatic nitrogens is 2. The summed E-state index contributed by atoms with van der Waals surface area (Å²) >= 11 is 0. The smallest absolute Gasteiger partial charge is 0.355 e. The Bertz CT molecular complexity index is 654. The van der Waals surface area contributed by atoms with Crippen LogP contribution in [0.2, 0.25) is 0 Å². The van der Waals surface area contributed by atoms with Gasteiger partial charge in [-0.2, -0.15) is 13.2 Å². The number of aryl methyl sites for hydroxylation is 1. The summed E-state index contributed by atoms with van der Waals surface area (Å²) in [7, 11) is 2.00. The van der Waals surface area contributed by atoms with Crippen LogP contribution in [-0.2, 0) is 22.6 Å². The van der Waals surface area contributed by atoms with Crippen molar-refractivity contribution >= 4 is 11.8 Å². The molecule has 0 unspecified atom stereocenters. The summed E-state index contributed by atoms with van der Waals surface area (Å²) in [5, 5.41) is 2.77. The van der Waals surface area contributed by atoms with Gasteiger partial charge in [-0.25, -0.2) is 4.98 Å². The molecule has 1 fully saturated rings. The van der Waals surface area contributed by atoms with Crippen LogP contribution in [0.1, 0.15) is 32.0 Å². The van der Waals surface area contributed by atoms with E-state index in [4.69, 9.17) is 0 Å². The standard InChI is InChI=1S/C18H28F3N5O2/c1-14(27)22-7-11-24(2)15-5-9-25(10-6-15)17(28)4-3-16-23-8-12-26(16)13-18(19,20)21/h8,12,15H,3-7,9-11,13H2,1-2H3,(H,22,27). The fourth-order valence-electron chi connectivity index (χ4n) is 3.43. The molecule has 2 amide bonds. The first-order valence-electron chi connectivity index (χ1n) is 9.45. The molecule has 0 radical (unpaired) electrons. The fraction of sp³-hybridized carbons (Fsp3) is 0.722. The number of likely N-dealkylation sites (N-methyl/N-ethyl adjacent to an activating group) is 1. The number of hydrogen-bond acceptors (Lipinski definition) is 4. The zero-order valence-corrected chi connectivity index (χ0v) is 16.3. The predicted octanol–water partition coefficient (Wildman–Crippen LogP) is 1.44. The third kappa shape index (κ3) is 7.14. The van der Waals surface area contributed by atoms with Crippen LogP contribution < -0.4 is 5.32 Å². The first-order valence-corrected chi connectivity index (χ1v) is 9.45. The molecule has 1 aromatic heterocycles. The maximum Gasteiger partial charge on any atom is 0.406 e. The van der Waals surface area contributed by atoms with E-state index in [2.05, 4.69) is 15.2 Å². The molecule has 1 aliphatic heterocycles. The number of piperidine rings is 1. The highest BCUT2D eigenvalue weighted by Gasteiger charge is 2.29. The van der Waals surface area contributed by atoms with Crippen LogP contribution >= 0.6 is 0 Å². The molecule has 0 saturated carbocycles. The molecule has 1 aromatic rings. The van der Waals surface area contributed by atoms with E-state index in [1.807, 2.05) is 7.05 Å². The van der Waals surface area contributed by atoms with Crippen molar-refractivity contribution < 1.29 is 22.8 Å². The van der Waals surface area contributed by atoms with Crippen LogP contribution in [0, 0.1) is 0 Å². The molecule has 2 heterocycles. The highest BCUT2D eigenvalue weighted by atomic mass is 19.4. The Morgan fingerprint density at radius 2 is 2.00 bits per heavy atom. The molecule has 7 nitrogen and oxygen atoms in total. The third-order valence-corrected chi connectivity index (χ3v) is 4.99. The van der Waals surface area contributed by atoms with Gasteiger partial charge in [0, 0.05) is 64.4 Å². The van der Waals surface area contributed by atoms with E-state index in [0.29, 0.717) is 25.7 Å². The number of nitrogens with one attached hydrogen (secondary N) is 1. The highest BCUT2D eigenvalue weighted by molar-refractivity contribution is 5.76. The van der Waals surface area contributed by atoms with E-state index >= 15 is 0 Å². The quantitative estimate of drug-likeness (QED) is 0.713. The lowest BCUT2D eigenvalue weighted by Gasteiger charge is -2.36. The topological polar surface area (TPSA) is 70.5 Å². The van der Waals surface area contributed by atoms with E-state index in [0.717, 1.165) is 24.0 Å². The first kappa shape index (κ1) is 22.2. The van der Waals surface area contributed by atoms with E-state index in [1.54, 1.807) is 4.90 Å². The second-order valence-corrected chi connectivity index (χ2v) is 7.16. The Hall–Kier alpha value is -2.10. The number of amides is 2.